The van der Waals surface area contributed by atoms with Gasteiger partial charge in [-0.2, -0.15) is 16.4 Å². The van der Waals surface area contributed by atoms with Crippen LogP contribution in [0.3, 0.4) is 0 Å². The van der Waals surface area contributed by atoms with Crippen molar-refractivity contribution in [2.45, 2.75) is 38.5 Å². The zero-order valence-corrected chi connectivity index (χ0v) is 14.8. The lowest BCUT2D eigenvalue weighted by Gasteiger charge is -2.22. The molecule has 1 N–H and O–H groups in total. The molecule has 0 saturated carbocycles. The van der Waals surface area contributed by atoms with E-state index in [0.717, 1.165) is 64.4 Å². The maximum Gasteiger partial charge on any atom is 0.114 e. The first-order chi connectivity index (χ1) is 11.9. The summed E-state index contributed by atoms with van der Waals surface area (Å²) in [6, 6.07) is 2.16. The van der Waals surface area contributed by atoms with E-state index in [1.807, 2.05) is 0 Å². The van der Waals surface area contributed by atoms with Crippen molar-refractivity contribution in [2.24, 2.45) is 5.92 Å². The SMILES string of the molecule is c1cc(CNC[C@H]2OCCc3cn(CC4CCOCC4)nc32)cs1. The molecule has 2 aromatic heterocycles. The topological polar surface area (TPSA) is 48.3 Å². The molecule has 0 radical (unpaired) electrons. The smallest absolute Gasteiger partial charge is 0.114 e. The number of rotatable bonds is 6. The van der Waals surface area contributed by atoms with E-state index >= 15 is 0 Å². The zero-order valence-electron chi connectivity index (χ0n) is 13.9. The minimum Gasteiger partial charge on any atom is -0.381 e. The van der Waals surface area contributed by atoms with Crippen LogP contribution in [0.1, 0.15) is 35.8 Å². The molecule has 0 unspecified atom stereocenters. The Labute approximate surface area is 147 Å². The molecular formula is C18H25N3O2S. The molecule has 6 heteroatoms. The summed E-state index contributed by atoms with van der Waals surface area (Å²) >= 11 is 1.74. The molecule has 1 fully saturated rings. The molecule has 1 saturated heterocycles. The molecule has 130 valence electrons. The van der Waals surface area contributed by atoms with Crippen LogP contribution in [0.15, 0.2) is 23.0 Å². The van der Waals surface area contributed by atoms with Gasteiger partial charge in [-0.05, 0) is 53.1 Å². The van der Waals surface area contributed by atoms with Crippen LogP contribution in [0.2, 0.25) is 0 Å². The molecule has 4 rings (SSSR count). The summed E-state index contributed by atoms with van der Waals surface area (Å²) < 4.78 is 13.6. The van der Waals surface area contributed by atoms with Gasteiger partial charge in [0.1, 0.15) is 6.10 Å². The van der Waals surface area contributed by atoms with Crippen molar-refractivity contribution in [2.75, 3.05) is 26.4 Å². The number of nitrogens with zero attached hydrogens (tertiary/aromatic N) is 2. The minimum absolute atomic E-state index is 0.0725. The molecule has 0 amide bonds. The van der Waals surface area contributed by atoms with Crippen LogP contribution in [0.5, 0.6) is 0 Å². The predicted molar refractivity (Wildman–Crippen MR) is 94.2 cm³/mol. The van der Waals surface area contributed by atoms with Crippen LogP contribution >= 0.6 is 11.3 Å². The predicted octanol–water partition coefficient (Wildman–Crippen LogP) is 2.77. The first-order valence-corrected chi connectivity index (χ1v) is 9.80. The standard InChI is InChI=1S/C18H25N3O2S/c1-5-22-6-2-14(1)11-21-12-16-3-7-23-17(18(16)20-21)10-19-9-15-4-8-24-13-15/h4,8,12-14,17,19H,1-3,5-7,9-11H2/t17-/m1/s1. The number of aromatic nitrogens is 2. The van der Waals surface area contributed by atoms with E-state index in [0.29, 0.717) is 5.92 Å². The second kappa shape index (κ2) is 7.78. The van der Waals surface area contributed by atoms with E-state index in [9.17, 15) is 0 Å². The fourth-order valence-corrected chi connectivity index (χ4v) is 4.18. The van der Waals surface area contributed by atoms with E-state index in [4.69, 9.17) is 14.6 Å². The molecule has 1 atom stereocenters. The second-order valence-corrected chi connectivity index (χ2v) is 7.47. The molecule has 0 spiro atoms. The van der Waals surface area contributed by atoms with Gasteiger partial charge >= 0.3 is 0 Å². The Morgan fingerprint density at radius 1 is 1.29 bits per heavy atom. The monoisotopic (exact) mass is 347 g/mol. The normalized spacial score (nSPS) is 21.8. The number of hydrogen-bond donors (Lipinski definition) is 1. The van der Waals surface area contributed by atoms with Crippen molar-refractivity contribution in [1.82, 2.24) is 15.1 Å². The summed E-state index contributed by atoms with van der Waals surface area (Å²) in [7, 11) is 0. The summed E-state index contributed by atoms with van der Waals surface area (Å²) in [6.07, 6.45) is 5.58. The highest BCUT2D eigenvalue weighted by Crippen LogP contribution is 2.26. The lowest BCUT2D eigenvalue weighted by molar-refractivity contribution is 0.0388. The Bertz CT molecular complexity index is 635. The summed E-state index contributed by atoms with van der Waals surface area (Å²) in [5, 5.41) is 12.7. The summed E-state index contributed by atoms with van der Waals surface area (Å²) in [5.41, 5.74) is 3.82. The number of nitrogens with one attached hydrogen (secondary N) is 1. The van der Waals surface area contributed by atoms with Gasteiger partial charge in [0.05, 0.1) is 12.3 Å². The average Bonchev–Trinajstić information content (AvgIpc) is 3.25. The largest absolute Gasteiger partial charge is 0.381 e. The number of fused-ring (bicyclic) bond motifs is 1. The molecule has 0 aromatic carbocycles. The molecule has 5 nitrogen and oxygen atoms in total. The number of hydrogen-bond acceptors (Lipinski definition) is 5. The highest BCUT2D eigenvalue weighted by molar-refractivity contribution is 7.07. The zero-order chi connectivity index (χ0) is 16.2. The first-order valence-electron chi connectivity index (χ1n) is 8.86. The van der Waals surface area contributed by atoms with Crippen LogP contribution in [-0.4, -0.2) is 36.1 Å². The summed E-state index contributed by atoms with van der Waals surface area (Å²) in [6.45, 7) is 5.29. The fraction of sp³-hybridized carbons (Fsp3) is 0.611. The highest BCUT2D eigenvalue weighted by atomic mass is 32.1. The van der Waals surface area contributed by atoms with Gasteiger partial charge in [-0.15, -0.1) is 0 Å². The molecule has 2 aliphatic heterocycles. The molecule has 0 bridgehead atoms. The van der Waals surface area contributed by atoms with Crippen molar-refractivity contribution in [3.63, 3.8) is 0 Å². The van der Waals surface area contributed by atoms with Gasteiger partial charge in [-0.1, -0.05) is 0 Å². The van der Waals surface area contributed by atoms with E-state index in [2.05, 4.69) is 33.0 Å². The van der Waals surface area contributed by atoms with Crippen LogP contribution < -0.4 is 5.32 Å². The Balaban J connectivity index is 1.36. The molecule has 2 aromatic rings. The highest BCUT2D eigenvalue weighted by Gasteiger charge is 2.25. The van der Waals surface area contributed by atoms with Crippen LogP contribution in [0.4, 0.5) is 0 Å². The van der Waals surface area contributed by atoms with Gasteiger partial charge in [0, 0.05) is 39.0 Å². The van der Waals surface area contributed by atoms with Gasteiger partial charge in [0.25, 0.3) is 0 Å². The average molecular weight is 347 g/mol. The summed E-state index contributed by atoms with van der Waals surface area (Å²) in [5.74, 6) is 0.691. The van der Waals surface area contributed by atoms with E-state index in [1.54, 1.807) is 11.3 Å². The van der Waals surface area contributed by atoms with Crippen LogP contribution in [0, 0.1) is 5.92 Å². The van der Waals surface area contributed by atoms with Gasteiger partial charge in [0.15, 0.2) is 0 Å². The second-order valence-electron chi connectivity index (χ2n) is 6.69. The van der Waals surface area contributed by atoms with Gasteiger partial charge in [0.2, 0.25) is 0 Å². The van der Waals surface area contributed by atoms with Crippen molar-refractivity contribution in [3.05, 3.63) is 39.8 Å². The van der Waals surface area contributed by atoms with E-state index in [1.165, 1.54) is 11.1 Å². The van der Waals surface area contributed by atoms with Crippen molar-refractivity contribution >= 4 is 11.3 Å². The quantitative estimate of drug-likeness (QED) is 0.873. The molecule has 24 heavy (non-hydrogen) atoms. The molecule has 2 aliphatic rings. The van der Waals surface area contributed by atoms with Gasteiger partial charge in [-0.25, -0.2) is 0 Å². The van der Waals surface area contributed by atoms with E-state index < -0.39 is 0 Å². The third-order valence-electron chi connectivity index (χ3n) is 4.89. The van der Waals surface area contributed by atoms with Gasteiger partial charge < -0.3 is 14.8 Å². The minimum atomic E-state index is 0.0725. The number of thiophene rings is 1. The number of ether oxygens (including phenoxy) is 2. The Kier molecular flexibility index (Phi) is 5.27. The Morgan fingerprint density at radius 2 is 2.21 bits per heavy atom. The molecule has 0 aliphatic carbocycles. The van der Waals surface area contributed by atoms with Crippen LogP contribution in [0.25, 0.3) is 0 Å². The lowest BCUT2D eigenvalue weighted by Crippen LogP contribution is -2.27. The molecular weight excluding hydrogens is 322 g/mol. The van der Waals surface area contributed by atoms with E-state index in [-0.39, 0.29) is 6.10 Å². The Hall–Kier alpha value is -1.21. The van der Waals surface area contributed by atoms with Crippen molar-refractivity contribution < 1.29 is 9.47 Å². The third-order valence-corrected chi connectivity index (χ3v) is 5.62. The maximum absolute atomic E-state index is 5.97. The van der Waals surface area contributed by atoms with Crippen molar-refractivity contribution in [1.29, 1.82) is 0 Å². The third kappa shape index (κ3) is 3.88. The maximum atomic E-state index is 5.97. The Morgan fingerprint density at radius 3 is 3.04 bits per heavy atom. The lowest BCUT2D eigenvalue weighted by atomic mass is 10.0. The van der Waals surface area contributed by atoms with Crippen molar-refractivity contribution in [3.8, 4) is 0 Å². The summed E-state index contributed by atoms with van der Waals surface area (Å²) in [4.78, 5) is 0. The first kappa shape index (κ1) is 16.3. The van der Waals surface area contributed by atoms with Crippen LogP contribution in [-0.2, 0) is 29.0 Å². The fourth-order valence-electron chi connectivity index (χ4n) is 3.51. The molecule has 4 heterocycles. The van der Waals surface area contributed by atoms with Gasteiger partial charge in [-0.3, -0.25) is 4.68 Å².